The first kappa shape index (κ1) is 20.8. The Labute approximate surface area is 171 Å². The second kappa shape index (κ2) is 10.0. The van der Waals surface area contributed by atoms with Gasteiger partial charge in [0.15, 0.2) is 0 Å². The maximum Gasteiger partial charge on any atom is 0.240 e. The van der Waals surface area contributed by atoms with E-state index in [1.165, 1.54) is 18.3 Å². The van der Waals surface area contributed by atoms with Crippen molar-refractivity contribution in [3.05, 3.63) is 35.1 Å². The molecule has 1 N–H and O–H groups in total. The van der Waals surface area contributed by atoms with Crippen LogP contribution in [0.1, 0.15) is 45.4 Å². The minimum absolute atomic E-state index is 0.0469. The average Bonchev–Trinajstić information content (AvgIpc) is 2.71. The van der Waals surface area contributed by atoms with Crippen LogP contribution in [0.15, 0.2) is 30.1 Å². The fraction of sp³-hybridized carbons (Fsp3) is 0.571. The van der Waals surface area contributed by atoms with Gasteiger partial charge in [0.25, 0.3) is 0 Å². The molecule has 1 unspecified atom stereocenters. The van der Waals surface area contributed by atoms with Gasteiger partial charge in [0.05, 0.1) is 17.5 Å². The number of pyridine rings is 1. The number of aromatic nitrogens is 1. The number of piperidine rings is 1. The molecule has 1 aliphatic carbocycles. The number of hydrogen-bond acceptors (Lipinski definition) is 4. The highest BCUT2D eigenvalue weighted by Gasteiger charge is 2.28. The van der Waals surface area contributed by atoms with Gasteiger partial charge in [0.1, 0.15) is 5.82 Å². The Bertz CT molecular complexity index is 720. The van der Waals surface area contributed by atoms with Crippen LogP contribution in [-0.2, 0) is 9.59 Å². The zero-order chi connectivity index (χ0) is 19.9. The third-order valence-electron chi connectivity index (χ3n) is 5.44. The molecule has 152 valence electrons. The van der Waals surface area contributed by atoms with Crippen molar-refractivity contribution < 1.29 is 9.59 Å². The lowest BCUT2D eigenvalue weighted by atomic mass is 9.97. The van der Waals surface area contributed by atoms with Gasteiger partial charge in [-0.1, -0.05) is 17.7 Å². The number of carbonyl (C=O) groups excluding carboxylic acids is 2. The summed E-state index contributed by atoms with van der Waals surface area (Å²) in [5, 5.41) is 3.39. The van der Waals surface area contributed by atoms with E-state index in [1.54, 1.807) is 12.1 Å². The molecule has 28 heavy (non-hydrogen) atoms. The summed E-state index contributed by atoms with van der Waals surface area (Å²) in [6, 6.07) is 3.40. The number of hydrogen-bond donors (Lipinski definition) is 1. The largest absolute Gasteiger partial charge is 0.316 e. The molecule has 1 aromatic rings. The zero-order valence-corrected chi connectivity index (χ0v) is 17.2. The molecule has 1 atom stereocenters. The number of carbonyl (C=O) groups is 2. The highest BCUT2D eigenvalue weighted by atomic mass is 35.5. The van der Waals surface area contributed by atoms with Crippen LogP contribution in [0, 0.1) is 5.92 Å². The number of likely N-dealkylation sites (N-methyl/N-ethyl adjacent to an activating group) is 1. The van der Waals surface area contributed by atoms with E-state index >= 15 is 0 Å². The molecular formula is C21H29ClN4O2. The highest BCUT2D eigenvalue weighted by Crippen LogP contribution is 2.22. The van der Waals surface area contributed by atoms with Crippen molar-refractivity contribution in [3.8, 4) is 0 Å². The van der Waals surface area contributed by atoms with E-state index in [9.17, 15) is 9.59 Å². The average molecular weight is 405 g/mol. The SMILES string of the molecule is CCN(C(=O)CN1CCCC(C(=O)Nc2ccc(Cl)cn2)C1)C1=CCCCC1. The van der Waals surface area contributed by atoms with Crippen LogP contribution in [0.25, 0.3) is 0 Å². The van der Waals surface area contributed by atoms with Crippen LogP contribution in [0.3, 0.4) is 0 Å². The summed E-state index contributed by atoms with van der Waals surface area (Å²) in [6.07, 6.45) is 9.86. The van der Waals surface area contributed by atoms with Crippen molar-refractivity contribution in [2.45, 2.75) is 45.4 Å². The van der Waals surface area contributed by atoms with Crippen molar-refractivity contribution in [1.29, 1.82) is 0 Å². The molecule has 6 nitrogen and oxygen atoms in total. The van der Waals surface area contributed by atoms with Gasteiger partial charge in [0.2, 0.25) is 11.8 Å². The Hall–Kier alpha value is -1.92. The van der Waals surface area contributed by atoms with E-state index in [2.05, 4.69) is 21.3 Å². The maximum absolute atomic E-state index is 12.9. The molecule has 0 radical (unpaired) electrons. The standard InChI is InChI=1S/C21H29ClN4O2/c1-2-26(18-8-4-3-5-9-18)20(27)15-25-12-6-7-16(14-25)21(28)24-19-11-10-17(22)13-23-19/h8,10-11,13,16H,2-7,9,12,14-15H2,1H3,(H,23,24,28). The normalized spacial score (nSPS) is 20.4. The minimum Gasteiger partial charge on any atom is -0.316 e. The summed E-state index contributed by atoms with van der Waals surface area (Å²) >= 11 is 5.84. The first-order valence-corrected chi connectivity index (χ1v) is 10.6. The fourth-order valence-corrected chi connectivity index (χ4v) is 4.09. The van der Waals surface area contributed by atoms with E-state index in [4.69, 9.17) is 11.6 Å². The number of anilines is 1. The summed E-state index contributed by atoms with van der Waals surface area (Å²) in [5.41, 5.74) is 1.17. The number of likely N-dealkylation sites (tertiary alicyclic amines) is 1. The Morgan fingerprint density at radius 1 is 1.32 bits per heavy atom. The second-order valence-electron chi connectivity index (χ2n) is 7.50. The topological polar surface area (TPSA) is 65.5 Å². The molecule has 0 saturated carbocycles. The van der Waals surface area contributed by atoms with Crippen molar-refractivity contribution >= 4 is 29.2 Å². The van der Waals surface area contributed by atoms with Crippen LogP contribution in [0.2, 0.25) is 5.02 Å². The molecule has 0 aromatic carbocycles. The molecule has 2 amide bonds. The number of rotatable bonds is 6. The van der Waals surface area contributed by atoms with Crippen LogP contribution < -0.4 is 5.32 Å². The first-order valence-electron chi connectivity index (χ1n) is 10.2. The number of nitrogens with zero attached hydrogens (tertiary/aromatic N) is 3. The van der Waals surface area contributed by atoms with E-state index in [0.29, 0.717) is 30.5 Å². The number of amides is 2. The summed E-state index contributed by atoms with van der Waals surface area (Å²) in [5.74, 6) is 0.456. The summed E-state index contributed by atoms with van der Waals surface area (Å²) in [7, 11) is 0. The van der Waals surface area contributed by atoms with Gasteiger partial charge in [0, 0.05) is 25.0 Å². The van der Waals surface area contributed by atoms with Gasteiger partial charge >= 0.3 is 0 Å². The smallest absolute Gasteiger partial charge is 0.240 e. The van der Waals surface area contributed by atoms with E-state index in [-0.39, 0.29) is 17.7 Å². The van der Waals surface area contributed by atoms with Crippen molar-refractivity contribution in [2.24, 2.45) is 5.92 Å². The quantitative estimate of drug-likeness (QED) is 0.785. The van der Waals surface area contributed by atoms with Gasteiger partial charge in [-0.2, -0.15) is 0 Å². The molecule has 0 spiro atoms. The van der Waals surface area contributed by atoms with Crippen LogP contribution in [-0.4, -0.2) is 52.8 Å². The summed E-state index contributed by atoms with van der Waals surface area (Å²) in [4.78, 5) is 33.6. The monoisotopic (exact) mass is 404 g/mol. The molecule has 3 rings (SSSR count). The van der Waals surface area contributed by atoms with Crippen LogP contribution >= 0.6 is 11.6 Å². The van der Waals surface area contributed by atoms with E-state index < -0.39 is 0 Å². The van der Waals surface area contributed by atoms with Gasteiger partial charge in [-0.25, -0.2) is 4.98 Å². The van der Waals surface area contributed by atoms with Crippen molar-refractivity contribution in [3.63, 3.8) is 0 Å². The van der Waals surface area contributed by atoms with Gasteiger partial charge in [-0.3, -0.25) is 14.5 Å². The highest BCUT2D eigenvalue weighted by molar-refractivity contribution is 6.30. The van der Waals surface area contributed by atoms with Gasteiger partial charge in [-0.05, 0) is 64.1 Å². The number of allylic oxidation sites excluding steroid dienone is 2. The zero-order valence-electron chi connectivity index (χ0n) is 16.5. The lowest BCUT2D eigenvalue weighted by Crippen LogP contribution is -2.46. The van der Waals surface area contributed by atoms with Crippen molar-refractivity contribution in [2.75, 3.05) is 31.5 Å². The molecule has 1 aromatic heterocycles. The molecule has 2 heterocycles. The van der Waals surface area contributed by atoms with Crippen LogP contribution in [0.5, 0.6) is 0 Å². The molecule has 1 fully saturated rings. The molecule has 0 bridgehead atoms. The molecule has 1 aliphatic heterocycles. The van der Waals surface area contributed by atoms with Gasteiger partial charge in [-0.15, -0.1) is 0 Å². The Morgan fingerprint density at radius 2 is 2.18 bits per heavy atom. The molecular weight excluding hydrogens is 376 g/mol. The first-order chi connectivity index (χ1) is 13.6. The van der Waals surface area contributed by atoms with E-state index in [0.717, 1.165) is 38.6 Å². The Kier molecular flexibility index (Phi) is 7.45. The maximum atomic E-state index is 12.9. The van der Waals surface area contributed by atoms with E-state index in [1.807, 2.05) is 11.8 Å². The summed E-state index contributed by atoms with van der Waals surface area (Å²) < 4.78 is 0. The number of halogens is 1. The lowest BCUT2D eigenvalue weighted by Gasteiger charge is -2.34. The molecule has 2 aliphatic rings. The third-order valence-corrected chi connectivity index (χ3v) is 5.67. The Morgan fingerprint density at radius 3 is 2.86 bits per heavy atom. The fourth-order valence-electron chi connectivity index (χ4n) is 3.97. The third kappa shape index (κ3) is 5.55. The minimum atomic E-state index is -0.136. The predicted molar refractivity (Wildman–Crippen MR) is 111 cm³/mol. The summed E-state index contributed by atoms with van der Waals surface area (Å²) in [6.45, 7) is 4.55. The lowest BCUT2D eigenvalue weighted by molar-refractivity contribution is -0.132. The number of nitrogens with one attached hydrogen (secondary N) is 1. The molecule has 7 heteroatoms. The van der Waals surface area contributed by atoms with Crippen LogP contribution in [0.4, 0.5) is 5.82 Å². The molecule has 1 saturated heterocycles. The Balaban J connectivity index is 1.55. The predicted octanol–water partition coefficient (Wildman–Crippen LogP) is 3.69. The second-order valence-corrected chi connectivity index (χ2v) is 7.94. The van der Waals surface area contributed by atoms with Gasteiger partial charge < -0.3 is 10.2 Å². The van der Waals surface area contributed by atoms with Crippen molar-refractivity contribution in [1.82, 2.24) is 14.8 Å².